The van der Waals surface area contributed by atoms with Crippen molar-refractivity contribution in [2.24, 2.45) is 11.7 Å². The lowest BCUT2D eigenvalue weighted by Gasteiger charge is -2.32. The van der Waals surface area contributed by atoms with Gasteiger partial charge in [-0.15, -0.1) is 0 Å². The smallest absolute Gasteiger partial charge is 0.274 e. The Morgan fingerprint density at radius 1 is 1.16 bits per heavy atom. The van der Waals surface area contributed by atoms with E-state index in [1.165, 1.54) is 6.20 Å². The minimum absolute atomic E-state index is 0.0400. The summed E-state index contributed by atoms with van der Waals surface area (Å²) in [6.07, 6.45) is 4.41. The minimum atomic E-state index is -1.30. The molecule has 1 saturated carbocycles. The molecule has 5 N–H and O–H groups in total. The summed E-state index contributed by atoms with van der Waals surface area (Å²) in [6.45, 7) is 1.02. The topological polar surface area (TPSA) is 131 Å². The highest BCUT2D eigenvalue weighted by molar-refractivity contribution is 6.03. The molecule has 1 aliphatic rings. The summed E-state index contributed by atoms with van der Waals surface area (Å²) in [5, 5.41) is 21.1. The number of halogens is 3. The van der Waals surface area contributed by atoms with Gasteiger partial charge in [0.05, 0.1) is 24.1 Å². The molecule has 0 bridgehead atoms. The monoisotopic (exact) mass is 530 g/mol. The summed E-state index contributed by atoms with van der Waals surface area (Å²) in [4.78, 5) is 21.1. The van der Waals surface area contributed by atoms with Crippen molar-refractivity contribution in [2.75, 3.05) is 18.5 Å². The van der Waals surface area contributed by atoms with Crippen molar-refractivity contribution in [3.8, 4) is 17.0 Å². The van der Waals surface area contributed by atoms with Crippen LogP contribution in [0.3, 0.4) is 0 Å². The summed E-state index contributed by atoms with van der Waals surface area (Å²) in [7, 11) is 0. The van der Waals surface area contributed by atoms with Gasteiger partial charge in [-0.05, 0) is 67.0 Å². The van der Waals surface area contributed by atoms with Gasteiger partial charge in [0.1, 0.15) is 35.7 Å². The number of ether oxygens (including phenoxy) is 1. The van der Waals surface area contributed by atoms with E-state index in [1.807, 2.05) is 6.07 Å². The summed E-state index contributed by atoms with van der Waals surface area (Å²) in [6, 6.07) is 5.68. The van der Waals surface area contributed by atoms with E-state index in [9.17, 15) is 18.7 Å². The molecule has 2 heterocycles. The Morgan fingerprint density at radius 3 is 2.66 bits per heavy atom. The Hall–Kier alpha value is -3.54. The van der Waals surface area contributed by atoms with Gasteiger partial charge in [0.2, 0.25) is 0 Å². The van der Waals surface area contributed by atoms with Crippen molar-refractivity contribution in [1.29, 1.82) is 0 Å². The molecule has 4 unspecified atom stereocenters. The van der Waals surface area contributed by atoms with E-state index in [1.54, 1.807) is 6.20 Å². The Bertz CT molecular complexity index is 1300. The Morgan fingerprint density at radius 2 is 1.92 bits per heavy atom. The van der Waals surface area contributed by atoms with Gasteiger partial charge in [-0.3, -0.25) is 9.78 Å². The molecule has 11 heteroatoms. The molecule has 1 aromatic carbocycles. The number of amides is 1. The number of aromatic nitrogens is 2. The average Bonchev–Trinajstić information content (AvgIpc) is 2.88. The Labute approximate surface area is 217 Å². The SMILES string of the molecule is CC1CC(N)CC(c2ccncc2NC(=O)c2ccc(F)c(-c3c(F)ccc(OCC(O)CO)c3F)n2)C1. The van der Waals surface area contributed by atoms with Gasteiger partial charge >= 0.3 is 0 Å². The zero-order chi connectivity index (χ0) is 27.4. The molecule has 1 aliphatic carbocycles. The lowest BCUT2D eigenvalue weighted by Crippen LogP contribution is -2.31. The molecule has 3 aromatic rings. The quantitative estimate of drug-likeness (QED) is 0.349. The number of rotatable bonds is 8. The molecule has 4 atom stereocenters. The number of carbonyl (C=O) groups excluding carboxylic acids is 1. The van der Waals surface area contributed by atoms with Crippen LogP contribution in [0.2, 0.25) is 0 Å². The molecule has 0 aliphatic heterocycles. The highest BCUT2D eigenvalue weighted by atomic mass is 19.1. The van der Waals surface area contributed by atoms with Crippen LogP contribution in [0, 0.1) is 23.4 Å². The largest absolute Gasteiger partial charge is 0.488 e. The number of pyridine rings is 2. The zero-order valence-corrected chi connectivity index (χ0v) is 20.7. The van der Waals surface area contributed by atoms with E-state index in [-0.39, 0.29) is 17.7 Å². The van der Waals surface area contributed by atoms with Crippen molar-refractivity contribution in [3.63, 3.8) is 0 Å². The van der Waals surface area contributed by atoms with E-state index < -0.39 is 59.7 Å². The van der Waals surface area contributed by atoms with E-state index >= 15 is 4.39 Å². The third kappa shape index (κ3) is 6.12. The number of aliphatic hydroxyl groups is 2. The van der Waals surface area contributed by atoms with E-state index in [0.29, 0.717) is 11.6 Å². The fourth-order valence-electron chi connectivity index (χ4n) is 4.81. The third-order valence-corrected chi connectivity index (χ3v) is 6.54. The fraction of sp³-hybridized carbons (Fsp3) is 0.370. The van der Waals surface area contributed by atoms with Crippen LogP contribution in [-0.4, -0.2) is 51.4 Å². The van der Waals surface area contributed by atoms with Gasteiger partial charge < -0.3 is 26.0 Å². The van der Waals surface area contributed by atoms with Crippen LogP contribution in [0.1, 0.15) is 48.2 Å². The second kappa shape index (κ2) is 11.9. The first-order valence-electron chi connectivity index (χ1n) is 12.2. The second-order valence-electron chi connectivity index (χ2n) is 9.60. The summed E-state index contributed by atoms with van der Waals surface area (Å²) in [5.74, 6) is -4.12. The Kier molecular flexibility index (Phi) is 8.60. The molecule has 2 aromatic heterocycles. The van der Waals surface area contributed by atoms with Crippen molar-refractivity contribution < 1.29 is 32.9 Å². The van der Waals surface area contributed by atoms with Crippen molar-refractivity contribution in [1.82, 2.24) is 9.97 Å². The molecule has 0 spiro atoms. The Balaban J connectivity index is 1.62. The third-order valence-electron chi connectivity index (χ3n) is 6.54. The molecule has 0 saturated heterocycles. The summed E-state index contributed by atoms with van der Waals surface area (Å²) < 4.78 is 49.6. The lowest BCUT2D eigenvalue weighted by atomic mass is 9.76. The maximum atomic E-state index is 15.1. The van der Waals surface area contributed by atoms with Gasteiger partial charge in [-0.2, -0.15) is 0 Å². The number of carbonyl (C=O) groups is 1. The second-order valence-corrected chi connectivity index (χ2v) is 9.60. The van der Waals surface area contributed by atoms with Gasteiger partial charge in [-0.25, -0.2) is 18.2 Å². The standard InChI is InChI=1S/C27H29F3N4O4/c1-14-8-15(10-16(31)9-14)18-6-7-32-11-22(18)34-27(37)21-4-2-20(29)26(33-21)24-19(28)3-5-23(25(24)30)38-13-17(36)12-35/h2-7,11,14-17,35-36H,8-10,12-13,31H2,1H3,(H,34,37). The van der Waals surface area contributed by atoms with Crippen LogP contribution in [0.15, 0.2) is 42.7 Å². The van der Waals surface area contributed by atoms with Crippen molar-refractivity contribution >= 4 is 11.6 Å². The number of benzene rings is 1. The average molecular weight is 531 g/mol. The van der Waals surface area contributed by atoms with Crippen molar-refractivity contribution in [2.45, 2.75) is 44.2 Å². The molecule has 8 nitrogen and oxygen atoms in total. The maximum Gasteiger partial charge on any atom is 0.274 e. The molecule has 38 heavy (non-hydrogen) atoms. The first kappa shape index (κ1) is 27.5. The van der Waals surface area contributed by atoms with E-state index in [4.69, 9.17) is 15.6 Å². The van der Waals surface area contributed by atoms with E-state index in [0.717, 1.165) is 49.1 Å². The highest BCUT2D eigenvalue weighted by Crippen LogP contribution is 2.38. The number of nitrogens with one attached hydrogen (secondary N) is 1. The highest BCUT2D eigenvalue weighted by Gasteiger charge is 2.28. The molecular weight excluding hydrogens is 501 g/mol. The normalized spacial score (nSPS) is 20.1. The van der Waals surface area contributed by atoms with Crippen LogP contribution in [0.25, 0.3) is 11.3 Å². The zero-order valence-electron chi connectivity index (χ0n) is 20.7. The number of hydrogen-bond acceptors (Lipinski definition) is 7. The molecule has 202 valence electrons. The van der Waals surface area contributed by atoms with Crippen LogP contribution in [-0.2, 0) is 0 Å². The van der Waals surface area contributed by atoms with Crippen molar-refractivity contribution in [3.05, 3.63) is 71.4 Å². The summed E-state index contributed by atoms with van der Waals surface area (Å²) >= 11 is 0. The fourth-order valence-corrected chi connectivity index (χ4v) is 4.81. The molecular formula is C27H29F3N4O4. The maximum absolute atomic E-state index is 15.1. The summed E-state index contributed by atoms with van der Waals surface area (Å²) in [5.41, 5.74) is 5.70. The van der Waals surface area contributed by atoms with Gasteiger partial charge in [0.25, 0.3) is 5.91 Å². The first-order valence-corrected chi connectivity index (χ1v) is 12.2. The van der Waals surface area contributed by atoms with Gasteiger partial charge in [0.15, 0.2) is 11.6 Å². The van der Waals surface area contributed by atoms with Crippen LogP contribution < -0.4 is 15.8 Å². The van der Waals surface area contributed by atoms with Gasteiger partial charge in [-0.1, -0.05) is 6.92 Å². The number of nitrogens with zero attached hydrogens (tertiary/aromatic N) is 2. The van der Waals surface area contributed by atoms with Crippen LogP contribution in [0.5, 0.6) is 5.75 Å². The number of aliphatic hydroxyl groups excluding tert-OH is 2. The number of nitrogens with two attached hydrogens (primary N) is 1. The predicted octanol–water partition coefficient (Wildman–Crippen LogP) is 3.78. The van der Waals surface area contributed by atoms with Crippen LogP contribution >= 0.6 is 0 Å². The van der Waals surface area contributed by atoms with Crippen LogP contribution in [0.4, 0.5) is 18.9 Å². The minimum Gasteiger partial charge on any atom is -0.488 e. The molecule has 4 rings (SSSR count). The first-order chi connectivity index (χ1) is 18.2. The number of anilines is 1. The molecule has 1 fully saturated rings. The molecule has 1 amide bonds. The van der Waals surface area contributed by atoms with Gasteiger partial charge in [0, 0.05) is 12.2 Å². The van der Waals surface area contributed by atoms with E-state index in [2.05, 4.69) is 22.2 Å². The molecule has 0 radical (unpaired) electrons. The number of hydrogen-bond donors (Lipinski definition) is 4. The lowest BCUT2D eigenvalue weighted by molar-refractivity contribution is 0.0523. The predicted molar refractivity (Wildman–Crippen MR) is 134 cm³/mol.